The number of piperazine rings is 1. The van der Waals surface area contributed by atoms with Crippen molar-refractivity contribution in [2.75, 3.05) is 62.9 Å². The van der Waals surface area contributed by atoms with Gasteiger partial charge in [0.15, 0.2) is 11.5 Å². The number of fused-ring (bicyclic) bond motifs is 2. The third-order valence-corrected chi connectivity index (χ3v) is 8.02. The van der Waals surface area contributed by atoms with E-state index < -0.39 is 12.2 Å². The van der Waals surface area contributed by atoms with Gasteiger partial charge >= 0.3 is 6.03 Å². The van der Waals surface area contributed by atoms with Crippen LogP contribution in [0.4, 0.5) is 16.2 Å². The molecule has 2 aromatic rings. The topological polar surface area (TPSA) is 113 Å². The van der Waals surface area contributed by atoms with E-state index in [0.29, 0.717) is 49.5 Å². The van der Waals surface area contributed by atoms with Crippen LogP contribution in [0.15, 0.2) is 48.5 Å². The first-order valence-corrected chi connectivity index (χ1v) is 14.0. The third-order valence-electron chi connectivity index (χ3n) is 8.02. The summed E-state index contributed by atoms with van der Waals surface area (Å²) in [6.07, 6.45) is 0.151. The van der Waals surface area contributed by atoms with Crippen molar-refractivity contribution in [2.45, 2.75) is 43.6 Å². The Labute approximate surface area is 233 Å². The van der Waals surface area contributed by atoms with Crippen LogP contribution in [0.3, 0.4) is 0 Å². The minimum atomic E-state index is -0.808. The fraction of sp³-hybridized carbons (Fsp3) is 0.517. The molecule has 0 radical (unpaired) electrons. The normalized spacial score (nSPS) is 26.5. The van der Waals surface area contributed by atoms with E-state index in [0.717, 1.165) is 13.1 Å². The van der Waals surface area contributed by atoms with Gasteiger partial charge < -0.3 is 44.1 Å². The maximum Gasteiger partial charge on any atom is 0.322 e. The molecule has 3 amide bonds. The van der Waals surface area contributed by atoms with Gasteiger partial charge in [-0.1, -0.05) is 18.2 Å². The van der Waals surface area contributed by atoms with Crippen LogP contribution in [-0.2, 0) is 14.3 Å². The SMILES string of the molecule is O=C(C[C@H]1CC[C@@H]2[C@H](COC[C@H](O)CN2C(=O)Nc2ccc3c(c2)OCO3)O1)N1CCN(c2ccccc2)CC1. The maximum absolute atomic E-state index is 13.4. The van der Waals surface area contributed by atoms with Crippen molar-refractivity contribution >= 4 is 23.3 Å². The Balaban J connectivity index is 1.05. The van der Waals surface area contributed by atoms with Crippen LogP contribution < -0.4 is 19.7 Å². The van der Waals surface area contributed by atoms with Gasteiger partial charge in [-0.05, 0) is 37.1 Å². The predicted molar refractivity (Wildman–Crippen MR) is 147 cm³/mol. The first-order chi connectivity index (χ1) is 19.5. The average Bonchev–Trinajstić information content (AvgIpc) is 3.44. The summed E-state index contributed by atoms with van der Waals surface area (Å²) in [7, 11) is 0. The Bertz CT molecular complexity index is 1190. The zero-order chi connectivity index (χ0) is 27.5. The van der Waals surface area contributed by atoms with E-state index in [1.165, 1.54) is 5.69 Å². The largest absolute Gasteiger partial charge is 0.454 e. The molecule has 6 rings (SSSR count). The molecule has 11 heteroatoms. The van der Waals surface area contributed by atoms with Crippen LogP contribution in [0.5, 0.6) is 11.5 Å². The summed E-state index contributed by atoms with van der Waals surface area (Å²) < 4.78 is 22.9. The van der Waals surface area contributed by atoms with Crippen molar-refractivity contribution in [1.82, 2.24) is 9.80 Å². The van der Waals surface area contributed by atoms with Crippen LogP contribution >= 0.6 is 0 Å². The molecule has 3 fully saturated rings. The number of hydrogen-bond donors (Lipinski definition) is 2. The Morgan fingerprint density at radius 2 is 1.75 bits per heavy atom. The van der Waals surface area contributed by atoms with E-state index in [4.69, 9.17) is 18.9 Å². The van der Waals surface area contributed by atoms with E-state index in [9.17, 15) is 14.7 Å². The second-order valence-corrected chi connectivity index (χ2v) is 10.7. The first kappa shape index (κ1) is 26.7. The number of carbonyl (C=O) groups is 2. The molecule has 0 bridgehead atoms. The number of aliphatic hydroxyl groups is 1. The van der Waals surface area contributed by atoms with Gasteiger partial charge in [-0.3, -0.25) is 4.79 Å². The lowest BCUT2D eigenvalue weighted by Gasteiger charge is -2.44. The minimum absolute atomic E-state index is 0.0933. The summed E-state index contributed by atoms with van der Waals surface area (Å²) in [4.78, 5) is 32.4. The van der Waals surface area contributed by atoms with Crippen molar-refractivity contribution < 1.29 is 33.6 Å². The van der Waals surface area contributed by atoms with Gasteiger partial charge in [0, 0.05) is 43.6 Å². The number of benzene rings is 2. The third kappa shape index (κ3) is 5.96. The molecule has 0 aliphatic carbocycles. The molecule has 0 spiro atoms. The van der Waals surface area contributed by atoms with Crippen molar-refractivity contribution in [1.29, 1.82) is 0 Å². The van der Waals surface area contributed by atoms with Gasteiger partial charge in [0.25, 0.3) is 0 Å². The van der Waals surface area contributed by atoms with Gasteiger partial charge in [0.05, 0.1) is 44.4 Å². The summed E-state index contributed by atoms with van der Waals surface area (Å²) in [6, 6.07) is 14.9. The number of β-amino-alcohol motifs (C(OH)–C–C–N with tert-alkyl or cyclic N) is 1. The number of para-hydroxylation sites is 1. The van der Waals surface area contributed by atoms with Crippen LogP contribution in [0.2, 0.25) is 0 Å². The molecular formula is C29H36N4O7. The van der Waals surface area contributed by atoms with Gasteiger partial charge in [0.2, 0.25) is 12.7 Å². The number of amides is 3. The molecule has 3 saturated heterocycles. The van der Waals surface area contributed by atoms with Gasteiger partial charge in [-0.2, -0.15) is 0 Å². The van der Waals surface area contributed by atoms with E-state index in [1.807, 2.05) is 23.1 Å². The monoisotopic (exact) mass is 552 g/mol. The lowest BCUT2D eigenvalue weighted by atomic mass is 9.94. The quantitative estimate of drug-likeness (QED) is 0.594. The molecule has 4 aliphatic rings. The fourth-order valence-corrected chi connectivity index (χ4v) is 5.92. The molecule has 0 saturated carbocycles. The Morgan fingerprint density at radius 3 is 2.58 bits per heavy atom. The zero-order valence-electron chi connectivity index (χ0n) is 22.4. The second kappa shape index (κ2) is 11.9. The summed E-state index contributed by atoms with van der Waals surface area (Å²) in [5.41, 5.74) is 1.75. The van der Waals surface area contributed by atoms with E-state index >= 15 is 0 Å². The average molecular weight is 553 g/mol. The number of nitrogens with one attached hydrogen (secondary N) is 1. The number of ether oxygens (including phenoxy) is 4. The molecule has 40 heavy (non-hydrogen) atoms. The standard InChI is InChI=1S/C29H36N4O7/c34-22-16-33(29(36)30-20-6-9-25-26(14-20)39-19-38-25)24-8-7-23(40-27(24)18-37-17-22)15-28(35)32-12-10-31(11-13-32)21-4-2-1-3-5-21/h1-6,9,14,22-24,27,34H,7-8,10-13,15-19H2,(H,30,36)/t22-,23-,24-,27+/m1/s1. The minimum Gasteiger partial charge on any atom is -0.454 e. The van der Waals surface area contributed by atoms with Crippen molar-refractivity contribution in [2.24, 2.45) is 0 Å². The van der Waals surface area contributed by atoms with Gasteiger partial charge in [0.1, 0.15) is 6.10 Å². The number of urea groups is 1. The number of carbonyl (C=O) groups excluding carboxylic acids is 2. The number of anilines is 2. The van der Waals surface area contributed by atoms with Crippen molar-refractivity contribution in [3.05, 3.63) is 48.5 Å². The van der Waals surface area contributed by atoms with Crippen molar-refractivity contribution in [3.8, 4) is 11.5 Å². The van der Waals surface area contributed by atoms with Crippen LogP contribution in [0.1, 0.15) is 19.3 Å². The van der Waals surface area contributed by atoms with Gasteiger partial charge in [-0.25, -0.2) is 4.79 Å². The number of hydrogen-bond acceptors (Lipinski definition) is 8. The molecule has 0 unspecified atom stereocenters. The Kier molecular flexibility index (Phi) is 7.94. The molecule has 2 aromatic carbocycles. The van der Waals surface area contributed by atoms with Crippen molar-refractivity contribution in [3.63, 3.8) is 0 Å². The highest BCUT2D eigenvalue weighted by atomic mass is 16.7. The highest BCUT2D eigenvalue weighted by Gasteiger charge is 2.40. The summed E-state index contributed by atoms with van der Waals surface area (Å²) in [5.74, 6) is 1.30. The van der Waals surface area contributed by atoms with Crippen LogP contribution in [0.25, 0.3) is 0 Å². The van der Waals surface area contributed by atoms with E-state index in [1.54, 1.807) is 23.1 Å². The lowest BCUT2D eigenvalue weighted by molar-refractivity contribution is -0.154. The molecule has 0 aromatic heterocycles. The molecular weight excluding hydrogens is 516 g/mol. The van der Waals surface area contributed by atoms with E-state index in [2.05, 4.69) is 22.3 Å². The predicted octanol–water partition coefficient (Wildman–Crippen LogP) is 2.30. The van der Waals surface area contributed by atoms with Crippen LogP contribution in [-0.4, -0.2) is 104 Å². The summed E-state index contributed by atoms with van der Waals surface area (Å²) in [5, 5.41) is 13.4. The molecule has 4 aliphatic heterocycles. The smallest absolute Gasteiger partial charge is 0.322 e. The highest BCUT2D eigenvalue weighted by molar-refractivity contribution is 5.90. The molecule has 11 nitrogen and oxygen atoms in total. The van der Waals surface area contributed by atoms with Gasteiger partial charge in [-0.15, -0.1) is 0 Å². The Hall–Kier alpha value is -3.54. The lowest BCUT2D eigenvalue weighted by Crippen LogP contribution is -2.58. The summed E-state index contributed by atoms with van der Waals surface area (Å²) >= 11 is 0. The number of rotatable bonds is 4. The fourth-order valence-electron chi connectivity index (χ4n) is 5.92. The number of aliphatic hydroxyl groups excluding tert-OH is 1. The van der Waals surface area contributed by atoms with E-state index in [-0.39, 0.29) is 50.6 Å². The molecule has 2 N–H and O–H groups in total. The first-order valence-electron chi connectivity index (χ1n) is 14.0. The molecule has 4 heterocycles. The maximum atomic E-state index is 13.4. The zero-order valence-corrected chi connectivity index (χ0v) is 22.4. The number of nitrogens with zero attached hydrogens (tertiary/aromatic N) is 3. The molecule has 214 valence electrons. The van der Waals surface area contributed by atoms with Crippen LogP contribution in [0, 0.1) is 0 Å². The summed E-state index contributed by atoms with van der Waals surface area (Å²) in [6.45, 7) is 3.59. The highest BCUT2D eigenvalue weighted by Crippen LogP contribution is 2.35. The molecule has 4 atom stereocenters. The second-order valence-electron chi connectivity index (χ2n) is 10.7. The Morgan fingerprint density at radius 1 is 0.950 bits per heavy atom.